The van der Waals surface area contributed by atoms with E-state index >= 15 is 0 Å². The molecule has 1 spiro atoms. The van der Waals surface area contributed by atoms with Gasteiger partial charge in [-0.05, 0) is 55.9 Å². The van der Waals surface area contributed by atoms with Gasteiger partial charge >= 0.3 is 5.97 Å². The van der Waals surface area contributed by atoms with Gasteiger partial charge in [-0.3, -0.25) is 14.6 Å². The van der Waals surface area contributed by atoms with Crippen LogP contribution in [0.15, 0.2) is 28.7 Å². The number of carboxylic acid groups (broad SMARTS) is 1. The first-order valence-electron chi connectivity index (χ1n) is 8.49. The van der Waals surface area contributed by atoms with Crippen molar-refractivity contribution in [2.75, 3.05) is 13.1 Å². The fraction of sp³-hybridized carbons (Fsp3) is 0.421. The van der Waals surface area contributed by atoms with Crippen LogP contribution in [-0.4, -0.2) is 40.0 Å². The van der Waals surface area contributed by atoms with E-state index in [4.69, 9.17) is 0 Å². The molecule has 1 N–H and O–H groups in total. The summed E-state index contributed by atoms with van der Waals surface area (Å²) in [6.07, 6.45) is 2.32. The van der Waals surface area contributed by atoms with Crippen LogP contribution in [0.1, 0.15) is 35.3 Å². The van der Waals surface area contributed by atoms with Gasteiger partial charge in [0.25, 0.3) is 5.91 Å². The number of fused-ring (bicyclic) bond motifs is 1. The Balaban J connectivity index is 1.59. The summed E-state index contributed by atoms with van der Waals surface area (Å²) >= 11 is 3.47. The zero-order valence-corrected chi connectivity index (χ0v) is 15.5. The molecule has 1 unspecified atom stereocenters. The average Bonchev–Trinajstić information content (AvgIpc) is 3.28. The Bertz CT molecular complexity index is 888. The predicted molar refractivity (Wildman–Crippen MR) is 97.5 cm³/mol. The van der Waals surface area contributed by atoms with E-state index in [0.717, 1.165) is 40.3 Å². The number of benzene rings is 1. The van der Waals surface area contributed by atoms with Gasteiger partial charge in [0, 0.05) is 28.6 Å². The number of hydrogen-bond donors (Lipinski definition) is 1. The van der Waals surface area contributed by atoms with Crippen molar-refractivity contribution >= 4 is 38.7 Å². The summed E-state index contributed by atoms with van der Waals surface area (Å²) in [5.74, 6) is -0.902. The first-order chi connectivity index (χ1) is 11.9. The van der Waals surface area contributed by atoms with Crippen LogP contribution >= 0.6 is 15.9 Å². The van der Waals surface area contributed by atoms with Crippen LogP contribution < -0.4 is 0 Å². The van der Waals surface area contributed by atoms with E-state index in [1.807, 2.05) is 36.1 Å². The highest BCUT2D eigenvalue weighted by molar-refractivity contribution is 9.10. The molecular formula is C19H19BrN2O3. The first kappa shape index (κ1) is 16.5. The normalized spacial score (nSPS) is 21.5. The second kappa shape index (κ2) is 5.80. The number of halogens is 1. The minimum atomic E-state index is -0.694. The molecule has 1 saturated carbocycles. The Hall–Kier alpha value is -1.95. The maximum absolute atomic E-state index is 13.1. The van der Waals surface area contributed by atoms with Crippen LogP contribution in [0.5, 0.6) is 0 Å². The lowest BCUT2D eigenvalue weighted by Crippen LogP contribution is -2.40. The van der Waals surface area contributed by atoms with Crippen molar-refractivity contribution in [1.82, 2.24) is 9.88 Å². The highest BCUT2D eigenvalue weighted by Crippen LogP contribution is 2.59. The van der Waals surface area contributed by atoms with Crippen LogP contribution in [0.2, 0.25) is 0 Å². The Morgan fingerprint density at radius 2 is 2.00 bits per heavy atom. The molecule has 1 aliphatic heterocycles. The van der Waals surface area contributed by atoms with Gasteiger partial charge in [0.2, 0.25) is 0 Å². The molecule has 6 heteroatoms. The standard InChI is InChI=1S/C19H19BrN2O3/c1-11-8-14(13-9-12(20)2-3-16(13)21-11)17(23)22-6-4-19(5-7-22)10-15(19)18(24)25/h2-3,8-9,15H,4-7,10H2,1H3,(H,24,25). The summed E-state index contributed by atoms with van der Waals surface area (Å²) < 4.78 is 0.916. The Kier molecular flexibility index (Phi) is 3.83. The number of carboxylic acids is 1. The zero-order valence-electron chi connectivity index (χ0n) is 14.0. The third-order valence-electron chi connectivity index (χ3n) is 5.66. The smallest absolute Gasteiger partial charge is 0.307 e. The highest BCUT2D eigenvalue weighted by atomic mass is 79.9. The molecule has 1 amide bonds. The summed E-state index contributed by atoms with van der Waals surface area (Å²) in [4.78, 5) is 30.7. The number of piperidine rings is 1. The van der Waals surface area contributed by atoms with E-state index in [1.54, 1.807) is 0 Å². The third kappa shape index (κ3) is 2.82. The fourth-order valence-electron chi connectivity index (χ4n) is 4.08. The molecule has 1 saturated heterocycles. The molecule has 0 bridgehead atoms. The largest absolute Gasteiger partial charge is 0.481 e. The van der Waals surface area contributed by atoms with E-state index in [-0.39, 0.29) is 17.2 Å². The van der Waals surface area contributed by atoms with E-state index in [9.17, 15) is 14.7 Å². The molecule has 130 valence electrons. The van der Waals surface area contributed by atoms with E-state index in [0.29, 0.717) is 18.7 Å². The number of pyridine rings is 1. The number of aromatic nitrogens is 1. The van der Waals surface area contributed by atoms with Gasteiger partial charge in [0.1, 0.15) is 0 Å². The highest BCUT2D eigenvalue weighted by Gasteiger charge is 2.59. The summed E-state index contributed by atoms with van der Waals surface area (Å²) in [6.45, 7) is 3.14. The SMILES string of the molecule is Cc1cc(C(=O)N2CCC3(CC2)CC3C(=O)O)c2cc(Br)ccc2n1. The van der Waals surface area contributed by atoms with Crippen molar-refractivity contribution in [1.29, 1.82) is 0 Å². The van der Waals surface area contributed by atoms with E-state index in [1.165, 1.54) is 0 Å². The molecule has 2 aromatic rings. The van der Waals surface area contributed by atoms with Crippen molar-refractivity contribution in [3.63, 3.8) is 0 Å². The monoisotopic (exact) mass is 402 g/mol. The maximum atomic E-state index is 13.1. The molecule has 25 heavy (non-hydrogen) atoms. The second-order valence-corrected chi connectivity index (χ2v) is 8.14. The molecule has 0 radical (unpaired) electrons. The number of aliphatic carboxylic acids is 1. The number of carbonyl (C=O) groups is 2. The molecule has 1 aliphatic carbocycles. The zero-order chi connectivity index (χ0) is 17.8. The number of carbonyl (C=O) groups excluding carboxylic acids is 1. The van der Waals surface area contributed by atoms with Crippen LogP contribution in [0.3, 0.4) is 0 Å². The van der Waals surface area contributed by atoms with Crippen LogP contribution in [0.4, 0.5) is 0 Å². The number of amides is 1. The Morgan fingerprint density at radius 1 is 1.28 bits per heavy atom. The minimum absolute atomic E-state index is 0.0102. The summed E-state index contributed by atoms with van der Waals surface area (Å²) in [7, 11) is 0. The van der Waals surface area contributed by atoms with Gasteiger partial charge in [-0.1, -0.05) is 15.9 Å². The van der Waals surface area contributed by atoms with Crippen LogP contribution in [-0.2, 0) is 4.79 Å². The Morgan fingerprint density at radius 3 is 2.64 bits per heavy atom. The lowest BCUT2D eigenvalue weighted by Gasteiger charge is -2.33. The number of aryl methyl sites for hydroxylation is 1. The fourth-order valence-corrected chi connectivity index (χ4v) is 4.44. The average molecular weight is 403 g/mol. The van der Waals surface area contributed by atoms with E-state index < -0.39 is 5.97 Å². The van der Waals surface area contributed by atoms with Crippen molar-refractivity contribution in [2.24, 2.45) is 11.3 Å². The van der Waals surface area contributed by atoms with Crippen molar-refractivity contribution in [3.8, 4) is 0 Å². The second-order valence-electron chi connectivity index (χ2n) is 7.22. The number of hydrogen-bond acceptors (Lipinski definition) is 3. The summed E-state index contributed by atoms with van der Waals surface area (Å²) in [6, 6.07) is 7.61. The lowest BCUT2D eigenvalue weighted by molar-refractivity contribution is -0.139. The number of nitrogens with zero attached hydrogens (tertiary/aromatic N) is 2. The predicted octanol–water partition coefficient (Wildman–Crippen LogP) is 3.63. The van der Waals surface area contributed by atoms with Crippen molar-refractivity contribution in [3.05, 3.63) is 40.0 Å². The van der Waals surface area contributed by atoms with Gasteiger partial charge in [0.05, 0.1) is 17.0 Å². The summed E-state index contributed by atoms with van der Waals surface area (Å²) in [5.41, 5.74) is 2.24. The molecule has 2 fully saturated rings. The van der Waals surface area contributed by atoms with Crippen LogP contribution in [0.25, 0.3) is 10.9 Å². The number of likely N-dealkylation sites (tertiary alicyclic amines) is 1. The van der Waals surface area contributed by atoms with E-state index in [2.05, 4.69) is 20.9 Å². The van der Waals surface area contributed by atoms with Crippen molar-refractivity contribution in [2.45, 2.75) is 26.2 Å². The van der Waals surface area contributed by atoms with Gasteiger partial charge < -0.3 is 10.0 Å². The van der Waals surface area contributed by atoms with Crippen molar-refractivity contribution < 1.29 is 14.7 Å². The maximum Gasteiger partial charge on any atom is 0.307 e. The first-order valence-corrected chi connectivity index (χ1v) is 9.28. The lowest BCUT2D eigenvalue weighted by atomic mass is 9.90. The Labute approximate surface area is 154 Å². The third-order valence-corrected chi connectivity index (χ3v) is 6.16. The van der Waals surface area contributed by atoms with Gasteiger partial charge in [-0.15, -0.1) is 0 Å². The van der Waals surface area contributed by atoms with Crippen LogP contribution in [0, 0.1) is 18.3 Å². The molecule has 1 aromatic carbocycles. The topological polar surface area (TPSA) is 70.5 Å². The quantitative estimate of drug-likeness (QED) is 0.832. The molecular weight excluding hydrogens is 384 g/mol. The molecule has 1 atom stereocenters. The molecule has 2 aliphatic rings. The summed E-state index contributed by atoms with van der Waals surface area (Å²) in [5, 5.41) is 10.1. The molecule has 5 nitrogen and oxygen atoms in total. The molecule has 1 aromatic heterocycles. The molecule has 4 rings (SSSR count). The number of rotatable bonds is 2. The minimum Gasteiger partial charge on any atom is -0.481 e. The van der Waals surface area contributed by atoms with Gasteiger partial charge in [-0.25, -0.2) is 0 Å². The van der Waals surface area contributed by atoms with Gasteiger partial charge in [-0.2, -0.15) is 0 Å². The molecule has 2 heterocycles. The van der Waals surface area contributed by atoms with Gasteiger partial charge in [0.15, 0.2) is 0 Å².